The van der Waals surface area contributed by atoms with Gasteiger partial charge < -0.3 is 0 Å². The van der Waals surface area contributed by atoms with Crippen molar-refractivity contribution in [3.05, 3.63) is 79.9 Å². The van der Waals surface area contributed by atoms with Crippen molar-refractivity contribution in [2.45, 2.75) is 44.9 Å². The minimum atomic E-state index is -0.487. The maximum atomic E-state index is 11.8. The summed E-state index contributed by atoms with van der Waals surface area (Å²) in [7, 11) is 0. The molecule has 0 radical (unpaired) electrons. The molecular weight excluding hydrogens is 456 g/mol. The van der Waals surface area contributed by atoms with E-state index in [-0.39, 0.29) is 23.2 Å². The minimum absolute atomic E-state index is 0.0139. The Labute approximate surface area is 201 Å². The zero-order valence-electron chi connectivity index (χ0n) is 19.0. The van der Waals surface area contributed by atoms with Crippen LogP contribution in [0.2, 0.25) is 0 Å². The summed E-state index contributed by atoms with van der Waals surface area (Å²) in [5, 5.41) is 28.9. The summed E-state index contributed by atoms with van der Waals surface area (Å²) in [4.78, 5) is 43.8. The average Bonchev–Trinajstić information content (AvgIpc) is 2.84. The molecule has 2 aromatic rings. The molecule has 2 amide bonds. The van der Waals surface area contributed by atoms with Gasteiger partial charge in [-0.2, -0.15) is 10.2 Å². The molecule has 0 saturated heterocycles. The first-order valence-corrected chi connectivity index (χ1v) is 11.0. The first kappa shape index (κ1) is 26.8. The normalized spacial score (nSPS) is 11.0. The van der Waals surface area contributed by atoms with Crippen molar-refractivity contribution < 1.29 is 19.4 Å². The monoisotopic (exact) mass is 482 g/mol. The number of nitro groups is 2. The lowest BCUT2D eigenvalue weighted by Crippen LogP contribution is -2.17. The van der Waals surface area contributed by atoms with Crippen LogP contribution in [0.1, 0.15) is 56.1 Å². The number of hydrogen-bond donors (Lipinski definition) is 2. The summed E-state index contributed by atoms with van der Waals surface area (Å²) in [6.45, 7) is 0. The number of unbranched alkanes of at least 4 members (excludes halogenated alkanes) is 4. The van der Waals surface area contributed by atoms with E-state index < -0.39 is 9.85 Å². The highest BCUT2D eigenvalue weighted by molar-refractivity contribution is 5.83. The highest BCUT2D eigenvalue weighted by atomic mass is 16.6. The third-order valence-electron chi connectivity index (χ3n) is 4.82. The average molecular weight is 482 g/mol. The van der Waals surface area contributed by atoms with Gasteiger partial charge in [0.15, 0.2) is 0 Å². The van der Waals surface area contributed by atoms with Crippen molar-refractivity contribution in [1.29, 1.82) is 0 Å². The van der Waals surface area contributed by atoms with Crippen LogP contribution < -0.4 is 10.9 Å². The molecule has 2 N–H and O–H groups in total. The van der Waals surface area contributed by atoms with E-state index in [0.717, 1.165) is 19.3 Å². The molecule has 0 heterocycles. The zero-order valence-corrected chi connectivity index (χ0v) is 19.0. The first-order valence-electron chi connectivity index (χ1n) is 11.0. The Hall–Kier alpha value is -4.48. The topological polar surface area (TPSA) is 169 Å². The molecule has 0 aliphatic rings. The highest BCUT2D eigenvalue weighted by Crippen LogP contribution is 2.11. The van der Waals surface area contributed by atoms with Crippen LogP contribution in [0.4, 0.5) is 11.4 Å². The van der Waals surface area contributed by atoms with E-state index in [1.807, 2.05) is 0 Å². The van der Waals surface area contributed by atoms with E-state index >= 15 is 0 Å². The Kier molecular flexibility index (Phi) is 11.2. The van der Waals surface area contributed by atoms with Gasteiger partial charge in [0.2, 0.25) is 11.8 Å². The van der Waals surface area contributed by atoms with Crippen molar-refractivity contribution in [2.75, 3.05) is 0 Å². The fraction of sp³-hybridized carbons (Fsp3) is 0.304. The maximum Gasteiger partial charge on any atom is 0.269 e. The zero-order chi connectivity index (χ0) is 25.5. The molecule has 2 rings (SSSR count). The number of benzene rings is 2. The van der Waals surface area contributed by atoms with Gasteiger partial charge in [0, 0.05) is 37.1 Å². The Bertz CT molecular complexity index is 981. The van der Waals surface area contributed by atoms with Crippen molar-refractivity contribution in [3.63, 3.8) is 0 Å². The Morgan fingerprint density at radius 1 is 0.657 bits per heavy atom. The van der Waals surface area contributed by atoms with E-state index in [4.69, 9.17) is 0 Å². The van der Waals surface area contributed by atoms with E-state index in [2.05, 4.69) is 21.1 Å². The first-order chi connectivity index (χ1) is 16.8. The number of hydrogen-bond acceptors (Lipinski definition) is 8. The number of carbonyl (C=O) groups is 2. The van der Waals surface area contributed by atoms with Crippen LogP contribution in [-0.2, 0) is 9.59 Å². The molecule has 0 aromatic heterocycles. The van der Waals surface area contributed by atoms with Gasteiger partial charge in [-0.15, -0.1) is 0 Å². The number of hydrazone groups is 2. The molecular formula is C23H26N6O6. The van der Waals surface area contributed by atoms with Crippen molar-refractivity contribution in [3.8, 4) is 0 Å². The molecule has 12 nitrogen and oxygen atoms in total. The molecule has 0 aliphatic carbocycles. The molecule has 184 valence electrons. The van der Waals surface area contributed by atoms with Crippen LogP contribution in [-0.4, -0.2) is 34.1 Å². The van der Waals surface area contributed by atoms with E-state index in [1.165, 1.54) is 36.7 Å². The van der Waals surface area contributed by atoms with Gasteiger partial charge in [0.25, 0.3) is 11.4 Å². The lowest BCUT2D eigenvalue weighted by atomic mass is 10.1. The van der Waals surface area contributed by atoms with Crippen LogP contribution in [0.15, 0.2) is 58.7 Å². The fourth-order valence-electron chi connectivity index (χ4n) is 2.94. The smallest absolute Gasteiger partial charge is 0.269 e. The molecule has 0 unspecified atom stereocenters. The van der Waals surface area contributed by atoms with Gasteiger partial charge in [-0.3, -0.25) is 29.8 Å². The van der Waals surface area contributed by atoms with Gasteiger partial charge >= 0.3 is 0 Å². The molecule has 0 aliphatic heterocycles. The SMILES string of the molecule is O=C(CCCCCCCC(=O)N/N=C\c1ccc([N+](=O)[O-])cc1)N/N=C\c1ccc([N+](=O)[O-])cc1. The predicted octanol–water partition coefficient (Wildman–Crippen LogP) is 3.83. The second kappa shape index (κ2) is 14.6. The maximum absolute atomic E-state index is 11.8. The third-order valence-corrected chi connectivity index (χ3v) is 4.82. The van der Waals surface area contributed by atoms with Crippen LogP contribution in [0.5, 0.6) is 0 Å². The standard InChI is InChI=1S/C23H26N6O6/c30-22(26-24-16-18-8-12-20(13-9-18)28(32)33)6-4-2-1-3-5-7-23(31)27-25-17-19-10-14-21(15-11-19)29(34)35/h8-17H,1-7H2,(H,26,30)(H,27,31)/b24-16-,25-17-. The number of non-ortho nitro benzene ring substituents is 2. The second-order valence-corrected chi connectivity index (χ2v) is 7.55. The summed E-state index contributed by atoms with van der Waals surface area (Å²) in [6.07, 6.45) is 7.48. The molecule has 0 atom stereocenters. The molecule has 0 saturated carbocycles. The Morgan fingerprint density at radius 2 is 1.00 bits per heavy atom. The van der Waals surface area contributed by atoms with Gasteiger partial charge in [-0.05, 0) is 48.2 Å². The lowest BCUT2D eigenvalue weighted by Gasteiger charge is -2.02. The van der Waals surface area contributed by atoms with Crippen molar-refractivity contribution >= 4 is 35.6 Å². The van der Waals surface area contributed by atoms with Crippen molar-refractivity contribution in [2.24, 2.45) is 10.2 Å². The highest BCUT2D eigenvalue weighted by Gasteiger charge is 2.05. The fourth-order valence-corrected chi connectivity index (χ4v) is 2.94. The van der Waals surface area contributed by atoms with E-state index in [9.17, 15) is 29.8 Å². The number of rotatable bonds is 14. The minimum Gasteiger partial charge on any atom is -0.273 e. The second-order valence-electron chi connectivity index (χ2n) is 7.55. The predicted molar refractivity (Wildman–Crippen MR) is 130 cm³/mol. The summed E-state index contributed by atoms with van der Waals surface area (Å²) in [5.74, 6) is -0.429. The lowest BCUT2D eigenvalue weighted by molar-refractivity contribution is -0.385. The van der Waals surface area contributed by atoms with Crippen LogP contribution in [0.3, 0.4) is 0 Å². The number of nitrogens with zero attached hydrogens (tertiary/aromatic N) is 4. The van der Waals surface area contributed by atoms with Gasteiger partial charge in [0.05, 0.1) is 22.3 Å². The summed E-state index contributed by atoms with van der Waals surface area (Å²) in [6, 6.07) is 11.6. The number of carbonyl (C=O) groups excluding carboxylic acids is 2. The van der Waals surface area contributed by atoms with Gasteiger partial charge in [-0.1, -0.05) is 19.3 Å². The number of nitrogens with one attached hydrogen (secondary N) is 2. The number of nitro benzene ring substituents is 2. The molecule has 2 aromatic carbocycles. The van der Waals surface area contributed by atoms with Gasteiger partial charge in [-0.25, -0.2) is 10.9 Å². The summed E-state index contributed by atoms with van der Waals surface area (Å²) >= 11 is 0. The van der Waals surface area contributed by atoms with Crippen LogP contribution in [0, 0.1) is 20.2 Å². The van der Waals surface area contributed by atoms with Crippen molar-refractivity contribution in [1.82, 2.24) is 10.9 Å². The quantitative estimate of drug-likeness (QED) is 0.179. The summed E-state index contributed by atoms with van der Waals surface area (Å²) in [5.41, 5.74) is 6.09. The Balaban J connectivity index is 1.50. The Morgan fingerprint density at radius 3 is 1.34 bits per heavy atom. The molecule has 0 spiro atoms. The number of amides is 2. The van der Waals surface area contributed by atoms with Gasteiger partial charge in [0.1, 0.15) is 0 Å². The molecule has 35 heavy (non-hydrogen) atoms. The van der Waals surface area contributed by atoms with Crippen LogP contribution in [0.25, 0.3) is 0 Å². The third kappa shape index (κ3) is 10.8. The van der Waals surface area contributed by atoms with Crippen LogP contribution >= 0.6 is 0 Å². The summed E-state index contributed by atoms with van der Waals surface area (Å²) < 4.78 is 0. The van der Waals surface area contributed by atoms with E-state index in [1.54, 1.807) is 24.3 Å². The molecule has 12 heteroatoms. The molecule has 0 bridgehead atoms. The molecule has 0 fully saturated rings. The van der Waals surface area contributed by atoms with E-state index in [0.29, 0.717) is 36.8 Å². The largest absolute Gasteiger partial charge is 0.273 e.